The number of hydrogen-bond acceptors (Lipinski definition) is 3. The molecule has 1 aromatic heterocycles. The summed E-state index contributed by atoms with van der Waals surface area (Å²) in [6.45, 7) is 2.93. The van der Waals surface area contributed by atoms with Crippen LogP contribution in [-0.4, -0.2) is 24.0 Å². The second-order valence-electron chi connectivity index (χ2n) is 5.41. The summed E-state index contributed by atoms with van der Waals surface area (Å²) in [4.78, 5) is 2.37. The van der Waals surface area contributed by atoms with E-state index in [9.17, 15) is 0 Å². The Morgan fingerprint density at radius 2 is 2.00 bits per heavy atom. The van der Waals surface area contributed by atoms with Crippen LogP contribution in [0.2, 0.25) is 0 Å². The van der Waals surface area contributed by atoms with Gasteiger partial charge in [0.25, 0.3) is 0 Å². The summed E-state index contributed by atoms with van der Waals surface area (Å²) < 4.78 is 7.03. The van der Waals surface area contributed by atoms with Crippen molar-refractivity contribution in [1.82, 2.24) is 4.90 Å². The number of hydrogen-bond donors (Lipinski definition) is 1. The van der Waals surface area contributed by atoms with Crippen LogP contribution in [-0.2, 0) is 6.54 Å². The first kappa shape index (κ1) is 13.9. The van der Waals surface area contributed by atoms with Gasteiger partial charge < -0.3 is 10.2 Å². The van der Waals surface area contributed by atoms with E-state index in [2.05, 4.69) is 39.0 Å². The van der Waals surface area contributed by atoms with Crippen LogP contribution >= 0.6 is 15.9 Å². The predicted octanol–water partition coefficient (Wildman–Crippen LogP) is 3.63. The number of nitrogens with two attached hydrogens (primary N) is 1. The largest absolute Gasteiger partial charge is 0.460 e. The maximum absolute atomic E-state index is 6.01. The molecule has 0 radical (unpaired) electrons. The Bertz CT molecular complexity index is 564. The minimum Gasteiger partial charge on any atom is -0.460 e. The van der Waals surface area contributed by atoms with Gasteiger partial charge in [-0.15, -0.1) is 0 Å². The minimum atomic E-state index is 0.310. The van der Waals surface area contributed by atoms with Crippen molar-refractivity contribution in [3.8, 4) is 11.3 Å². The van der Waals surface area contributed by atoms with Crippen LogP contribution in [0.15, 0.2) is 45.3 Å². The maximum Gasteiger partial charge on any atom is 0.134 e. The lowest BCUT2D eigenvalue weighted by Crippen LogP contribution is -2.42. The average molecular weight is 335 g/mol. The molecule has 0 amide bonds. The van der Waals surface area contributed by atoms with Crippen molar-refractivity contribution in [1.29, 1.82) is 0 Å². The second-order valence-corrected chi connectivity index (χ2v) is 6.33. The van der Waals surface area contributed by atoms with Crippen molar-refractivity contribution >= 4 is 15.9 Å². The monoisotopic (exact) mass is 334 g/mol. The number of likely N-dealkylation sites (tertiary alicyclic amines) is 1. The lowest BCUT2D eigenvalue weighted by molar-refractivity contribution is 0.188. The molecule has 0 saturated carbocycles. The average Bonchev–Trinajstić information content (AvgIpc) is 2.88. The lowest BCUT2D eigenvalue weighted by Gasteiger charge is -2.29. The van der Waals surface area contributed by atoms with Crippen molar-refractivity contribution in [2.75, 3.05) is 13.1 Å². The Labute approximate surface area is 127 Å². The normalized spacial score (nSPS) is 20.2. The molecule has 2 heterocycles. The van der Waals surface area contributed by atoms with Gasteiger partial charge in [-0.3, -0.25) is 4.90 Å². The van der Waals surface area contributed by atoms with Gasteiger partial charge in [0, 0.05) is 22.6 Å². The van der Waals surface area contributed by atoms with Crippen molar-refractivity contribution in [3.05, 3.63) is 46.6 Å². The number of halogens is 1. The topological polar surface area (TPSA) is 42.4 Å². The number of piperidine rings is 1. The van der Waals surface area contributed by atoms with E-state index in [1.54, 1.807) is 0 Å². The molecule has 4 heteroatoms. The number of nitrogens with zero attached hydrogens (tertiary/aromatic N) is 1. The number of rotatable bonds is 3. The van der Waals surface area contributed by atoms with E-state index in [0.29, 0.717) is 6.04 Å². The van der Waals surface area contributed by atoms with Gasteiger partial charge in [-0.25, -0.2) is 0 Å². The summed E-state index contributed by atoms with van der Waals surface area (Å²) >= 11 is 3.45. The van der Waals surface area contributed by atoms with Crippen LogP contribution in [0.1, 0.15) is 18.6 Å². The second kappa shape index (κ2) is 6.12. The predicted molar refractivity (Wildman–Crippen MR) is 84.3 cm³/mol. The minimum absolute atomic E-state index is 0.310. The highest BCUT2D eigenvalue weighted by atomic mass is 79.9. The molecule has 1 aliphatic heterocycles. The van der Waals surface area contributed by atoms with Crippen LogP contribution in [0.5, 0.6) is 0 Å². The van der Waals surface area contributed by atoms with Gasteiger partial charge in [0.15, 0.2) is 0 Å². The zero-order valence-corrected chi connectivity index (χ0v) is 13.0. The molecule has 20 heavy (non-hydrogen) atoms. The molecular weight excluding hydrogens is 316 g/mol. The first-order valence-corrected chi connectivity index (χ1v) is 7.82. The van der Waals surface area contributed by atoms with Crippen LogP contribution in [0.3, 0.4) is 0 Å². The van der Waals surface area contributed by atoms with Crippen LogP contribution in [0.4, 0.5) is 0 Å². The fourth-order valence-electron chi connectivity index (χ4n) is 2.69. The summed E-state index contributed by atoms with van der Waals surface area (Å²) in [7, 11) is 0. The number of benzene rings is 1. The Morgan fingerprint density at radius 1 is 1.20 bits per heavy atom. The van der Waals surface area contributed by atoms with Gasteiger partial charge in [0.1, 0.15) is 11.5 Å². The van der Waals surface area contributed by atoms with E-state index in [4.69, 9.17) is 10.2 Å². The summed E-state index contributed by atoms with van der Waals surface area (Å²) in [6, 6.07) is 12.6. The molecule has 2 N–H and O–H groups in total. The van der Waals surface area contributed by atoms with Gasteiger partial charge in [-0.2, -0.15) is 0 Å². The van der Waals surface area contributed by atoms with E-state index >= 15 is 0 Å². The van der Waals surface area contributed by atoms with E-state index in [-0.39, 0.29) is 0 Å². The van der Waals surface area contributed by atoms with E-state index in [1.807, 2.05) is 18.2 Å². The first-order chi connectivity index (χ1) is 9.70. The Kier molecular flexibility index (Phi) is 4.24. The van der Waals surface area contributed by atoms with Crippen LogP contribution < -0.4 is 5.73 Å². The molecule has 1 fully saturated rings. The van der Waals surface area contributed by atoms with E-state index < -0.39 is 0 Å². The molecule has 1 aromatic carbocycles. The van der Waals surface area contributed by atoms with Gasteiger partial charge in [0.05, 0.1) is 6.54 Å². The lowest BCUT2D eigenvalue weighted by atomic mass is 10.1. The summed E-state index contributed by atoms with van der Waals surface area (Å²) in [5, 5.41) is 0. The zero-order valence-electron chi connectivity index (χ0n) is 11.4. The highest BCUT2D eigenvalue weighted by Gasteiger charge is 2.17. The van der Waals surface area contributed by atoms with Crippen molar-refractivity contribution < 1.29 is 4.42 Å². The molecule has 0 aliphatic carbocycles. The molecule has 3 rings (SSSR count). The van der Waals surface area contributed by atoms with Gasteiger partial charge in [0.2, 0.25) is 0 Å². The fourth-order valence-corrected chi connectivity index (χ4v) is 2.95. The van der Waals surface area contributed by atoms with E-state index in [0.717, 1.165) is 47.6 Å². The summed E-state index contributed by atoms with van der Waals surface area (Å²) in [6.07, 6.45) is 2.32. The molecule has 2 aromatic rings. The summed E-state index contributed by atoms with van der Waals surface area (Å²) in [5.74, 6) is 1.94. The SMILES string of the molecule is N[C@@H]1CCCN(Cc2ccc(-c3ccc(Br)cc3)o2)C1. The van der Waals surface area contributed by atoms with Crippen molar-refractivity contribution in [3.63, 3.8) is 0 Å². The zero-order chi connectivity index (χ0) is 13.9. The van der Waals surface area contributed by atoms with Crippen molar-refractivity contribution in [2.24, 2.45) is 5.73 Å². The first-order valence-electron chi connectivity index (χ1n) is 7.03. The fraction of sp³-hybridized carbons (Fsp3) is 0.375. The molecule has 3 nitrogen and oxygen atoms in total. The van der Waals surface area contributed by atoms with Crippen molar-refractivity contribution in [2.45, 2.75) is 25.4 Å². The molecular formula is C16H19BrN2O. The quantitative estimate of drug-likeness (QED) is 0.931. The Balaban J connectivity index is 1.69. The molecule has 1 saturated heterocycles. The molecule has 1 aliphatic rings. The third kappa shape index (κ3) is 3.32. The van der Waals surface area contributed by atoms with Gasteiger partial charge >= 0.3 is 0 Å². The Hall–Kier alpha value is -1.10. The highest BCUT2D eigenvalue weighted by Crippen LogP contribution is 2.25. The standard InChI is InChI=1S/C16H19BrN2O/c17-13-5-3-12(4-6-13)16-8-7-15(20-16)11-19-9-1-2-14(18)10-19/h3-8,14H,1-2,9-11,18H2/t14-/m1/s1. The molecule has 1 atom stereocenters. The van der Waals surface area contributed by atoms with Gasteiger partial charge in [-0.1, -0.05) is 28.1 Å². The molecule has 0 unspecified atom stereocenters. The van der Waals surface area contributed by atoms with Crippen LogP contribution in [0.25, 0.3) is 11.3 Å². The smallest absolute Gasteiger partial charge is 0.134 e. The maximum atomic E-state index is 6.01. The molecule has 0 spiro atoms. The number of furan rings is 1. The third-order valence-corrected chi connectivity index (χ3v) is 4.24. The molecule has 0 bridgehead atoms. The third-order valence-electron chi connectivity index (χ3n) is 3.71. The summed E-state index contributed by atoms with van der Waals surface area (Å²) in [5.41, 5.74) is 7.12. The van der Waals surface area contributed by atoms with Gasteiger partial charge in [-0.05, 0) is 43.7 Å². The highest BCUT2D eigenvalue weighted by molar-refractivity contribution is 9.10. The molecule has 106 valence electrons. The van der Waals surface area contributed by atoms with E-state index in [1.165, 1.54) is 6.42 Å². The Morgan fingerprint density at radius 3 is 2.75 bits per heavy atom. The van der Waals surface area contributed by atoms with Crippen LogP contribution in [0, 0.1) is 0 Å².